The first-order valence-electron chi connectivity index (χ1n) is 7.95. The van der Waals surface area contributed by atoms with Gasteiger partial charge in [-0.3, -0.25) is 4.90 Å². The average molecular weight is 295 g/mol. The van der Waals surface area contributed by atoms with Crippen LogP contribution in [-0.4, -0.2) is 34.6 Å². The summed E-state index contributed by atoms with van der Waals surface area (Å²) in [4.78, 5) is 8.74. The molecular weight excluding hydrogens is 266 g/mol. The molecule has 0 aromatic carbocycles. The largest absolute Gasteiger partial charge is 0.308 e. The Labute approximate surface area is 127 Å². The van der Waals surface area contributed by atoms with E-state index in [1.54, 1.807) is 0 Å². The van der Waals surface area contributed by atoms with E-state index in [4.69, 9.17) is 4.98 Å². The van der Waals surface area contributed by atoms with E-state index < -0.39 is 0 Å². The number of hydrogen-bond acceptors (Lipinski definition) is 4. The first-order chi connectivity index (χ1) is 9.53. The van der Waals surface area contributed by atoms with Crippen LogP contribution >= 0.6 is 11.3 Å². The molecule has 1 aromatic heterocycles. The molecule has 114 valence electrons. The zero-order valence-corrected chi connectivity index (χ0v) is 14.4. The number of thiazole rings is 1. The molecule has 4 heteroatoms. The standard InChI is InChI=1S/C16H29N3S/c1-6-14-9-17-16(7-2,8-3)11-19(14)10-15-18-12(4)13(5)20-15/h14,17H,6-11H2,1-5H3. The van der Waals surface area contributed by atoms with Gasteiger partial charge in [0.1, 0.15) is 5.01 Å². The molecule has 0 bridgehead atoms. The van der Waals surface area contributed by atoms with Gasteiger partial charge in [-0.05, 0) is 33.1 Å². The van der Waals surface area contributed by atoms with Crippen LogP contribution in [-0.2, 0) is 6.54 Å². The molecule has 3 nitrogen and oxygen atoms in total. The van der Waals surface area contributed by atoms with Crippen LogP contribution in [0.15, 0.2) is 0 Å². The molecule has 1 aromatic rings. The van der Waals surface area contributed by atoms with Crippen molar-refractivity contribution in [2.45, 2.75) is 72.0 Å². The maximum Gasteiger partial charge on any atom is 0.107 e. The molecule has 1 saturated heterocycles. The topological polar surface area (TPSA) is 28.2 Å². The van der Waals surface area contributed by atoms with Gasteiger partial charge in [0.2, 0.25) is 0 Å². The van der Waals surface area contributed by atoms with Gasteiger partial charge in [-0.2, -0.15) is 0 Å². The van der Waals surface area contributed by atoms with E-state index in [9.17, 15) is 0 Å². The second kappa shape index (κ2) is 6.54. The summed E-state index contributed by atoms with van der Waals surface area (Å²) in [6, 6.07) is 0.644. The summed E-state index contributed by atoms with van der Waals surface area (Å²) in [6.07, 6.45) is 3.61. The molecule has 1 aliphatic heterocycles. The Morgan fingerprint density at radius 1 is 1.30 bits per heavy atom. The molecule has 0 aliphatic carbocycles. The summed E-state index contributed by atoms with van der Waals surface area (Å²) < 4.78 is 0. The average Bonchev–Trinajstić information content (AvgIpc) is 2.77. The van der Waals surface area contributed by atoms with Crippen molar-refractivity contribution in [3.8, 4) is 0 Å². The second-order valence-corrected chi connectivity index (χ2v) is 7.37. The number of nitrogens with zero attached hydrogens (tertiary/aromatic N) is 2. The van der Waals surface area contributed by atoms with E-state index in [1.165, 1.54) is 34.8 Å². The molecule has 0 radical (unpaired) electrons. The molecule has 20 heavy (non-hydrogen) atoms. The number of piperazine rings is 1. The van der Waals surface area contributed by atoms with Crippen molar-refractivity contribution in [3.05, 3.63) is 15.6 Å². The van der Waals surface area contributed by atoms with Gasteiger partial charge in [0.15, 0.2) is 0 Å². The van der Waals surface area contributed by atoms with Crippen LogP contribution < -0.4 is 5.32 Å². The second-order valence-electron chi connectivity index (χ2n) is 6.08. The van der Waals surface area contributed by atoms with Crippen LogP contribution in [0.2, 0.25) is 0 Å². The highest BCUT2D eigenvalue weighted by atomic mass is 32.1. The number of rotatable bonds is 5. The Kier molecular flexibility index (Phi) is 5.21. The van der Waals surface area contributed by atoms with Crippen LogP contribution in [0.5, 0.6) is 0 Å². The number of aromatic nitrogens is 1. The Morgan fingerprint density at radius 2 is 2.00 bits per heavy atom. The van der Waals surface area contributed by atoms with E-state index in [1.807, 2.05) is 11.3 Å². The van der Waals surface area contributed by atoms with Gasteiger partial charge >= 0.3 is 0 Å². The third-order valence-electron chi connectivity index (χ3n) is 4.97. The molecule has 1 N–H and O–H groups in total. The lowest BCUT2D eigenvalue weighted by atomic mass is 9.88. The van der Waals surface area contributed by atoms with Crippen LogP contribution in [0.25, 0.3) is 0 Å². The molecule has 1 aliphatic rings. The molecule has 2 heterocycles. The van der Waals surface area contributed by atoms with Crippen molar-refractivity contribution >= 4 is 11.3 Å². The molecule has 0 amide bonds. The van der Waals surface area contributed by atoms with E-state index in [-0.39, 0.29) is 0 Å². The van der Waals surface area contributed by atoms with Crippen LogP contribution in [0.3, 0.4) is 0 Å². The Balaban J connectivity index is 2.12. The van der Waals surface area contributed by atoms with Crippen molar-refractivity contribution in [3.63, 3.8) is 0 Å². The first kappa shape index (κ1) is 15.9. The first-order valence-corrected chi connectivity index (χ1v) is 8.77. The highest BCUT2D eigenvalue weighted by Crippen LogP contribution is 2.27. The van der Waals surface area contributed by atoms with Crippen molar-refractivity contribution in [1.29, 1.82) is 0 Å². The quantitative estimate of drug-likeness (QED) is 0.901. The fourth-order valence-electron chi connectivity index (χ4n) is 3.13. The van der Waals surface area contributed by atoms with Gasteiger partial charge in [0, 0.05) is 29.5 Å². The minimum absolute atomic E-state index is 0.299. The zero-order valence-electron chi connectivity index (χ0n) is 13.6. The lowest BCUT2D eigenvalue weighted by molar-refractivity contribution is 0.0642. The smallest absolute Gasteiger partial charge is 0.107 e. The summed E-state index contributed by atoms with van der Waals surface area (Å²) in [6.45, 7) is 14.5. The highest BCUT2D eigenvalue weighted by Gasteiger charge is 2.36. The van der Waals surface area contributed by atoms with Crippen LogP contribution in [0, 0.1) is 13.8 Å². The Bertz CT molecular complexity index is 417. The summed E-state index contributed by atoms with van der Waals surface area (Å²) in [5.74, 6) is 0. The van der Waals surface area contributed by atoms with Crippen molar-refractivity contribution in [2.75, 3.05) is 13.1 Å². The van der Waals surface area contributed by atoms with E-state index in [0.29, 0.717) is 11.6 Å². The fraction of sp³-hybridized carbons (Fsp3) is 0.812. The molecule has 1 atom stereocenters. The van der Waals surface area contributed by atoms with Crippen LogP contribution in [0.4, 0.5) is 0 Å². The fourth-order valence-corrected chi connectivity index (χ4v) is 4.09. The van der Waals surface area contributed by atoms with E-state index in [2.05, 4.69) is 44.8 Å². The maximum atomic E-state index is 4.73. The summed E-state index contributed by atoms with van der Waals surface area (Å²) in [5.41, 5.74) is 1.50. The minimum Gasteiger partial charge on any atom is -0.308 e. The molecule has 2 rings (SSSR count). The monoisotopic (exact) mass is 295 g/mol. The zero-order chi connectivity index (χ0) is 14.8. The van der Waals surface area contributed by atoms with Gasteiger partial charge in [-0.25, -0.2) is 4.98 Å². The van der Waals surface area contributed by atoms with Gasteiger partial charge in [0.25, 0.3) is 0 Å². The Morgan fingerprint density at radius 3 is 2.50 bits per heavy atom. The molecular formula is C16H29N3S. The van der Waals surface area contributed by atoms with E-state index >= 15 is 0 Å². The molecule has 1 unspecified atom stereocenters. The predicted octanol–water partition coefficient (Wildman–Crippen LogP) is 3.50. The highest BCUT2D eigenvalue weighted by molar-refractivity contribution is 7.11. The summed E-state index contributed by atoms with van der Waals surface area (Å²) in [5, 5.41) is 5.09. The molecule has 0 saturated carbocycles. The Hall–Kier alpha value is -0.450. The maximum absolute atomic E-state index is 4.73. The van der Waals surface area contributed by atoms with E-state index in [0.717, 1.165) is 19.6 Å². The van der Waals surface area contributed by atoms with Gasteiger partial charge in [-0.15, -0.1) is 11.3 Å². The van der Waals surface area contributed by atoms with Crippen molar-refractivity contribution in [2.24, 2.45) is 0 Å². The van der Waals surface area contributed by atoms with Crippen LogP contribution in [0.1, 0.15) is 55.6 Å². The molecule has 0 spiro atoms. The minimum atomic E-state index is 0.299. The number of aryl methyl sites for hydroxylation is 2. The normalized spacial score (nSPS) is 23.1. The van der Waals surface area contributed by atoms with Crippen molar-refractivity contribution < 1.29 is 0 Å². The third-order valence-corrected chi connectivity index (χ3v) is 6.03. The van der Waals surface area contributed by atoms with Gasteiger partial charge in [0.05, 0.1) is 12.2 Å². The lowest BCUT2D eigenvalue weighted by Gasteiger charge is -2.47. The van der Waals surface area contributed by atoms with Crippen molar-refractivity contribution in [1.82, 2.24) is 15.2 Å². The summed E-state index contributed by atoms with van der Waals surface area (Å²) in [7, 11) is 0. The van der Waals surface area contributed by atoms with Gasteiger partial charge in [-0.1, -0.05) is 20.8 Å². The number of nitrogens with one attached hydrogen (secondary N) is 1. The van der Waals surface area contributed by atoms with Gasteiger partial charge < -0.3 is 5.32 Å². The summed E-state index contributed by atoms with van der Waals surface area (Å²) >= 11 is 1.86. The lowest BCUT2D eigenvalue weighted by Crippen LogP contribution is -2.63. The SMILES string of the molecule is CCC1CNC(CC)(CC)CN1Cc1nc(C)c(C)s1. The molecule has 1 fully saturated rings. The number of hydrogen-bond donors (Lipinski definition) is 1. The third kappa shape index (κ3) is 3.23. The predicted molar refractivity (Wildman–Crippen MR) is 87.4 cm³/mol.